The molecular formula is C25H35N3O5S2. The third-order valence-corrected chi connectivity index (χ3v) is 8.47. The summed E-state index contributed by atoms with van der Waals surface area (Å²) in [4.78, 5) is 52.0. The fourth-order valence-electron chi connectivity index (χ4n) is 4.07. The Kier molecular flexibility index (Phi) is 11.3. The van der Waals surface area contributed by atoms with Crippen molar-refractivity contribution in [2.24, 2.45) is 0 Å². The van der Waals surface area contributed by atoms with Crippen LogP contribution in [-0.4, -0.2) is 59.4 Å². The molecule has 192 valence electrons. The van der Waals surface area contributed by atoms with Crippen molar-refractivity contribution in [2.75, 3.05) is 11.5 Å². The lowest BCUT2D eigenvalue weighted by Crippen LogP contribution is -2.57. The van der Waals surface area contributed by atoms with E-state index in [2.05, 4.69) is 22.9 Å². The fourth-order valence-corrected chi connectivity index (χ4v) is 6.38. The van der Waals surface area contributed by atoms with E-state index >= 15 is 0 Å². The van der Waals surface area contributed by atoms with Crippen LogP contribution in [0.5, 0.6) is 0 Å². The van der Waals surface area contributed by atoms with Crippen molar-refractivity contribution in [3.05, 3.63) is 35.9 Å². The summed E-state index contributed by atoms with van der Waals surface area (Å²) in [5.41, 5.74) is 0.892. The Labute approximate surface area is 214 Å². The maximum Gasteiger partial charge on any atom is 0.329 e. The normalized spacial score (nSPS) is 26.1. The molecule has 0 aliphatic carbocycles. The molecule has 3 rings (SSSR count). The van der Waals surface area contributed by atoms with Gasteiger partial charge >= 0.3 is 5.97 Å². The number of esters is 1. The van der Waals surface area contributed by atoms with Crippen LogP contribution in [-0.2, 0) is 30.3 Å². The van der Waals surface area contributed by atoms with E-state index in [1.807, 2.05) is 30.3 Å². The molecule has 0 saturated carbocycles. The van der Waals surface area contributed by atoms with Gasteiger partial charge in [0.2, 0.25) is 17.7 Å². The SMILES string of the molecule is CCCCCCC[C@@H]1CC(=O)N[C@H](Cc2ccccc2)C(=O)N[C@H]2CSSC[C@H](NC2=O)C(=O)O1. The van der Waals surface area contributed by atoms with Crippen LogP contribution in [0.1, 0.15) is 57.4 Å². The summed E-state index contributed by atoms with van der Waals surface area (Å²) in [5.74, 6) is -1.01. The second-order valence-electron chi connectivity index (χ2n) is 8.97. The van der Waals surface area contributed by atoms with Gasteiger partial charge in [-0.05, 0) is 18.4 Å². The van der Waals surface area contributed by atoms with Crippen molar-refractivity contribution in [3.63, 3.8) is 0 Å². The number of carbonyl (C=O) groups excluding carboxylic acids is 4. The van der Waals surface area contributed by atoms with E-state index in [0.717, 1.165) is 37.7 Å². The Bertz CT molecular complexity index is 870. The molecule has 10 heteroatoms. The first kappa shape index (κ1) is 27.4. The van der Waals surface area contributed by atoms with Crippen molar-refractivity contribution in [1.82, 2.24) is 16.0 Å². The van der Waals surface area contributed by atoms with E-state index in [9.17, 15) is 19.2 Å². The first-order chi connectivity index (χ1) is 17.0. The number of ether oxygens (including phenoxy) is 1. The van der Waals surface area contributed by atoms with Crippen LogP contribution in [0.3, 0.4) is 0 Å². The summed E-state index contributed by atoms with van der Waals surface area (Å²) in [6, 6.07) is 6.92. The Hall–Kier alpha value is -2.20. The van der Waals surface area contributed by atoms with Gasteiger partial charge in [0, 0.05) is 17.9 Å². The number of amides is 3. The maximum absolute atomic E-state index is 13.2. The van der Waals surface area contributed by atoms with Crippen LogP contribution in [0.15, 0.2) is 30.3 Å². The molecule has 2 fully saturated rings. The van der Waals surface area contributed by atoms with Crippen LogP contribution in [0.4, 0.5) is 0 Å². The van der Waals surface area contributed by atoms with E-state index in [1.54, 1.807) is 0 Å². The van der Waals surface area contributed by atoms with Crippen molar-refractivity contribution < 1.29 is 23.9 Å². The lowest BCUT2D eigenvalue weighted by Gasteiger charge is -2.26. The van der Waals surface area contributed by atoms with Gasteiger partial charge in [-0.15, -0.1) is 0 Å². The predicted octanol–water partition coefficient (Wildman–Crippen LogP) is 2.75. The van der Waals surface area contributed by atoms with Gasteiger partial charge in [-0.25, -0.2) is 4.79 Å². The molecule has 3 N–H and O–H groups in total. The van der Waals surface area contributed by atoms with Crippen molar-refractivity contribution in [2.45, 2.75) is 82.5 Å². The summed E-state index contributed by atoms with van der Waals surface area (Å²) < 4.78 is 5.75. The van der Waals surface area contributed by atoms with Gasteiger partial charge in [0.25, 0.3) is 0 Å². The zero-order valence-corrected chi connectivity index (χ0v) is 21.8. The predicted molar refractivity (Wildman–Crippen MR) is 139 cm³/mol. The number of nitrogens with one attached hydrogen (secondary N) is 3. The highest BCUT2D eigenvalue weighted by atomic mass is 33.1. The largest absolute Gasteiger partial charge is 0.460 e. The number of rotatable bonds is 8. The molecule has 2 heterocycles. The smallest absolute Gasteiger partial charge is 0.329 e. The third-order valence-electron chi connectivity index (χ3n) is 6.05. The van der Waals surface area contributed by atoms with E-state index in [4.69, 9.17) is 4.74 Å². The summed E-state index contributed by atoms with van der Waals surface area (Å²) in [6.07, 6.45) is 5.42. The van der Waals surface area contributed by atoms with Crippen molar-refractivity contribution in [1.29, 1.82) is 0 Å². The highest BCUT2D eigenvalue weighted by Crippen LogP contribution is 2.26. The molecule has 2 saturated heterocycles. The first-order valence-electron chi connectivity index (χ1n) is 12.3. The standard InChI is InChI=1S/C25H35N3O5S2/c1-2-3-4-5-9-12-18-14-22(29)26-19(13-17-10-7-6-8-11-17)23(30)27-20-15-34-35-16-21(25(32)33-18)28-24(20)31/h6-8,10-11,18-21H,2-5,9,12-16H2,1H3,(H,26,29)(H,27,30)(H,28,31)/t18-,19-,20+,21+/m1/s1. The van der Waals surface area contributed by atoms with Gasteiger partial charge in [-0.3, -0.25) is 14.4 Å². The third kappa shape index (κ3) is 9.07. The minimum Gasteiger partial charge on any atom is -0.460 e. The zero-order chi connectivity index (χ0) is 25.0. The van der Waals surface area contributed by atoms with E-state index in [1.165, 1.54) is 21.6 Å². The van der Waals surface area contributed by atoms with Gasteiger partial charge in [0.15, 0.2) is 0 Å². The highest BCUT2D eigenvalue weighted by molar-refractivity contribution is 8.76. The number of cyclic esters (lactones) is 1. The molecular weight excluding hydrogens is 486 g/mol. The molecule has 2 aliphatic rings. The molecule has 0 spiro atoms. The van der Waals surface area contributed by atoms with Crippen LogP contribution in [0, 0.1) is 0 Å². The van der Waals surface area contributed by atoms with Crippen LogP contribution < -0.4 is 16.0 Å². The minimum absolute atomic E-state index is 0.0237. The number of benzene rings is 1. The molecule has 1 aromatic carbocycles. The van der Waals surface area contributed by atoms with Crippen LogP contribution in [0.25, 0.3) is 0 Å². The van der Waals surface area contributed by atoms with Gasteiger partial charge in [-0.1, -0.05) is 84.5 Å². The molecule has 2 aliphatic heterocycles. The highest BCUT2D eigenvalue weighted by Gasteiger charge is 2.34. The van der Waals surface area contributed by atoms with Crippen LogP contribution in [0.2, 0.25) is 0 Å². The average molecular weight is 522 g/mol. The quantitative estimate of drug-likeness (QED) is 0.274. The number of hydrogen-bond acceptors (Lipinski definition) is 7. The number of fused-ring (bicyclic) bond motifs is 3. The second kappa shape index (κ2) is 14.4. The molecule has 4 atom stereocenters. The Morgan fingerprint density at radius 2 is 1.54 bits per heavy atom. The average Bonchev–Trinajstić information content (AvgIpc) is 2.83. The number of unbranched alkanes of at least 4 members (excludes halogenated alkanes) is 4. The van der Waals surface area contributed by atoms with Gasteiger partial charge < -0.3 is 20.7 Å². The Balaban J connectivity index is 1.80. The molecule has 1 aromatic rings. The number of carbonyl (C=O) groups is 4. The number of hydrogen-bond donors (Lipinski definition) is 3. The zero-order valence-electron chi connectivity index (χ0n) is 20.1. The van der Waals surface area contributed by atoms with Gasteiger partial charge in [0.05, 0.1) is 6.42 Å². The second-order valence-corrected chi connectivity index (χ2v) is 11.5. The fraction of sp³-hybridized carbons (Fsp3) is 0.600. The molecule has 0 aromatic heterocycles. The minimum atomic E-state index is -0.849. The summed E-state index contributed by atoms with van der Waals surface area (Å²) in [6.45, 7) is 2.15. The van der Waals surface area contributed by atoms with Gasteiger partial charge in [-0.2, -0.15) is 0 Å². The van der Waals surface area contributed by atoms with Crippen LogP contribution >= 0.6 is 21.6 Å². The lowest BCUT2D eigenvalue weighted by atomic mass is 10.0. The maximum atomic E-state index is 13.2. The molecule has 35 heavy (non-hydrogen) atoms. The molecule has 0 radical (unpaired) electrons. The van der Waals surface area contributed by atoms with Crippen molar-refractivity contribution >= 4 is 45.3 Å². The molecule has 3 amide bonds. The first-order valence-corrected chi connectivity index (χ1v) is 14.8. The lowest BCUT2D eigenvalue weighted by molar-refractivity contribution is -0.154. The Morgan fingerprint density at radius 1 is 0.857 bits per heavy atom. The monoisotopic (exact) mass is 521 g/mol. The molecule has 0 unspecified atom stereocenters. The molecule has 2 bridgehead atoms. The summed E-state index contributed by atoms with van der Waals surface area (Å²) >= 11 is 0. The van der Waals surface area contributed by atoms with Crippen molar-refractivity contribution in [3.8, 4) is 0 Å². The van der Waals surface area contributed by atoms with E-state index in [-0.39, 0.29) is 12.3 Å². The van der Waals surface area contributed by atoms with Gasteiger partial charge in [0.1, 0.15) is 24.2 Å². The summed E-state index contributed by atoms with van der Waals surface area (Å²) in [7, 11) is 2.88. The van der Waals surface area contributed by atoms with E-state index < -0.39 is 42.0 Å². The molecule has 8 nitrogen and oxygen atoms in total. The Morgan fingerprint density at radius 3 is 2.29 bits per heavy atom. The van der Waals surface area contributed by atoms with E-state index in [0.29, 0.717) is 24.3 Å². The topological polar surface area (TPSA) is 114 Å². The summed E-state index contributed by atoms with van der Waals surface area (Å²) in [5, 5.41) is 8.35.